The van der Waals surface area contributed by atoms with Gasteiger partial charge in [0, 0.05) is 11.1 Å². The van der Waals surface area contributed by atoms with Gasteiger partial charge in [-0.1, -0.05) is 36.4 Å². The molecule has 0 amide bonds. The molecule has 0 bridgehead atoms. The molecule has 0 spiro atoms. The minimum absolute atomic E-state index is 0.0137. The number of methoxy groups -OCH3 is 2. The van der Waals surface area contributed by atoms with Crippen LogP contribution in [0.2, 0.25) is 0 Å². The highest BCUT2D eigenvalue weighted by Gasteiger charge is 2.31. The smallest absolute Gasteiger partial charge is 0.416 e. The first-order valence-electron chi connectivity index (χ1n) is 13.0. The standard InChI is InChI=1S/C32H24F3N3O6/c1-42-26-14-20(15-27(43-2)28(26)44-18-19-7-5-9-22(13-19)31(40)41)17-36-38-29(21-8-6-10-23(16-21)32(33,34)35)37-25-12-4-3-11-24(25)30(38)39/h3-17H,18H2,1-2H3,(H,40,41). The van der Waals surface area contributed by atoms with Crippen LogP contribution in [0.4, 0.5) is 13.2 Å². The number of benzene rings is 4. The molecule has 0 saturated heterocycles. The number of hydrogen-bond acceptors (Lipinski definition) is 7. The van der Waals surface area contributed by atoms with Crippen molar-refractivity contribution in [3.05, 3.63) is 118 Å². The van der Waals surface area contributed by atoms with Gasteiger partial charge in [-0.3, -0.25) is 4.79 Å². The molecule has 0 unspecified atom stereocenters. The number of ether oxygens (including phenoxy) is 3. The number of aromatic carboxylic acids is 1. The number of alkyl halides is 3. The van der Waals surface area contributed by atoms with Crippen molar-refractivity contribution >= 4 is 23.1 Å². The number of rotatable bonds is 9. The highest BCUT2D eigenvalue weighted by molar-refractivity contribution is 5.87. The van der Waals surface area contributed by atoms with Gasteiger partial charge in [-0.2, -0.15) is 22.9 Å². The summed E-state index contributed by atoms with van der Waals surface area (Å²) in [6, 6.07) is 20.4. The first-order chi connectivity index (χ1) is 21.1. The van der Waals surface area contributed by atoms with Gasteiger partial charge in [0.15, 0.2) is 17.3 Å². The molecule has 0 atom stereocenters. The summed E-state index contributed by atoms with van der Waals surface area (Å²) in [7, 11) is 2.83. The molecule has 0 aliphatic rings. The molecule has 9 nitrogen and oxygen atoms in total. The average Bonchev–Trinajstić information content (AvgIpc) is 3.02. The fourth-order valence-corrected chi connectivity index (χ4v) is 4.44. The van der Waals surface area contributed by atoms with Crippen LogP contribution in [0.1, 0.15) is 27.0 Å². The number of carboxylic acids is 1. The number of halogens is 3. The molecule has 5 aromatic rings. The van der Waals surface area contributed by atoms with Crippen molar-refractivity contribution in [2.75, 3.05) is 14.2 Å². The summed E-state index contributed by atoms with van der Waals surface area (Å²) < 4.78 is 58.3. The summed E-state index contributed by atoms with van der Waals surface area (Å²) in [5.74, 6) is -0.410. The minimum atomic E-state index is -4.60. The molecule has 0 saturated carbocycles. The van der Waals surface area contributed by atoms with Crippen molar-refractivity contribution in [1.29, 1.82) is 0 Å². The van der Waals surface area contributed by atoms with E-state index < -0.39 is 23.3 Å². The molecule has 0 radical (unpaired) electrons. The van der Waals surface area contributed by atoms with Crippen LogP contribution >= 0.6 is 0 Å². The Morgan fingerprint density at radius 2 is 1.66 bits per heavy atom. The third-order valence-corrected chi connectivity index (χ3v) is 6.56. The molecule has 1 heterocycles. The van der Waals surface area contributed by atoms with E-state index in [1.54, 1.807) is 48.5 Å². The Balaban J connectivity index is 1.55. The molecule has 1 N–H and O–H groups in total. The van der Waals surface area contributed by atoms with Gasteiger partial charge in [-0.15, -0.1) is 0 Å². The maximum absolute atomic E-state index is 13.5. The Hall–Kier alpha value is -5.65. The number of carbonyl (C=O) groups is 1. The number of para-hydroxylation sites is 1. The number of hydrogen-bond donors (Lipinski definition) is 1. The van der Waals surface area contributed by atoms with Crippen LogP contribution in [0.15, 0.2) is 94.8 Å². The minimum Gasteiger partial charge on any atom is -0.493 e. The fraction of sp³-hybridized carbons (Fsp3) is 0.125. The SMILES string of the molecule is COc1cc(C=Nn2c(-c3cccc(C(F)(F)F)c3)nc3ccccc3c2=O)cc(OC)c1OCc1cccc(C(=O)O)c1. The molecule has 1 aromatic heterocycles. The lowest BCUT2D eigenvalue weighted by Gasteiger charge is -2.16. The second-order valence-electron chi connectivity index (χ2n) is 9.44. The van der Waals surface area contributed by atoms with Crippen molar-refractivity contribution < 1.29 is 37.3 Å². The summed E-state index contributed by atoms with van der Waals surface area (Å²) >= 11 is 0. The van der Waals surface area contributed by atoms with Crippen molar-refractivity contribution in [3.63, 3.8) is 0 Å². The third-order valence-electron chi connectivity index (χ3n) is 6.56. The number of nitrogens with zero attached hydrogens (tertiary/aromatic N) is 3. The monoisotopic (exact) mass is 603 g/mol. The first kappa shape index (κ1) is 29.8. The van der Waals surface area contributed by atoms with Gasteiger partial charge in [0.25, 0.3) is 5.56 Å². The van der Waals surface area contributed by atoms with Gasteiger partial charge < -0.3 is 19.3 Å². The van der Waals surface area contributed by atoms with Crippen LogP contribution in [0.5, 0.6) is 17.2 Å². The van der Waals surface area contributed by atoms with Gasteiger partial charge >= 0.3 is 12.1 Å². The van der Waals surface area contributed by atoms with E-state index in [2.05, 4.69) is 10.1 Å². The zero-order valence-electron chi connectivity index (χ0n) is 23.3. The Labute approximate surface area is 248 Å². The molecule has 5 rings (SSSR count). The fourth-order valence-electron chi connectivity index (χ4n) is 4.44. The maximum atomic E-state index is 13.5. The number of fused-ring (bicyclic) bond motifs is 1. The Morgan fingerprint density at radius 3 is 2.34 bits per heavy atom. The van der Waals surface area contributed by atoms with E-state index in [0.29, 0.717) is 16.6 Å². The molecule has 0 aliphatic carbocycles. The molecule has 4 aromatic carbocycles. The van der Waals surface area contributed by atoms with Gasteiger partial charge in [-0.25, -0.2) is 9.78 Å². The number of carboxylic acid groups (broad SMARTS) is 1. The van der Waals surface area contributed by atoms with E-state index in [9.17, 15) is 27.9 Å². The van der Waals surface area contributed by atoms with E-state index in [4.69, 9.17) is 14.2 Å². The largest absolute Gasteiger partial charge is 0.493 e. The van der Waals surface area contributed by atoms with Crippen LogP contribution < -0.4 is 19.8 Å². The third kappa shape index (κ3) is 6.24. The van der Waals surface area contributed by atoms with Gasteiger partial charge in [0.05, 0.1) is 42.5 Å². The van der Waals surface area contributed by atoms with E-state index in [1.807, 2.05) is 0 Å². The van der Waals surface area contributed by atoms with Crippen LogP contribution in [-0.4, -0.2) is 41.2 Å². The highest BCUT2D eigenvalue weighted by Crippen LogP contribution is 2.39. The average molecular weight is 604 g/mol. The quantitative estimate of drug-likeness (QED) is 0.198. The van der Waals surface area contributed by atoms with Crippen LogP contribution in [0, 0.1) is 0 Å². The normalized spacial score (nSPS) is 11.6. The van der Waals surface area contributed by atoms with Crippen molar-refractivity contribution in [2.24, 2.45) is 5.10 Å². The topological polar surface area (TPSA) is 112 Å². The van der Waals surface area contributed by atoms with Crippen LogP contribution in [-0.2, 0) is 12.8 Å². The van der Waals surface area contributed by atoms with Crippen molar-refractivity contribution in [3.8, 4) is 28.6 Å². The second-order valence-corrected chi connectivity index (χ2v) is 9.44. The molecule has 44 heavy (non-hydrogen) atoms. The van der Waals surface area contributed by atoms with Crippen LogP contribution in [0.3, 0.4) is 0 Å². The van der Waals surface area contributed by atoms with Gasteiger partial charge in [0.1, 0.15) is 6.61 Å². The predicted molar refractivity (Wildman–Crippen MR) is 157 cm³/mol. The zero-order chi connectivity index (χ0) is 31.4. The van der Waals surface area contributed by atoms with Crippen LogP contribution in [0.25, 0.3) is 22.3 Å². The number of aromatic nitrogens is 2. The van der Waals surface area contributed by atoms with Gasteiger partial charge in [-0.05, 0) is 54.1 Å². The maximum Gasteiger partial charge on any atom is 0.416 e. The van der Waals surface area contributed by atoms with Gasteiger partial charge in [0.2, 0.25) is 5.75 Å². The zero-order valence-corrected chi connectivity index (χ0v) is 23.3. The Kier molecular flexibility index (Phi) is 8.34. The summed E-state index contributed by atoms with van der Waals surface area (Å²) in [4.78, 5) is 29.3. The summed E-state index contributed by atoms with van der Waals surface area (Å²) in [6.07, 6.45) is -3.28. The lowest BCUT2D eigenvalue weighted by Crippen LogP contribution is -2.20. The highest BCUT2D eigenvalue weighted by atomic mass is 19.4. The predicted octanol–water partition coefficient (Wildman–Crippen LogP) is 6.26. The molecule has 0 fully saturated rings. The lowest BCUT2D eigenvalue weighted by molar-refractivity contribution is -0.137. The van der Waals surface area contributed by atoms with E-state index in [-0.39, 0.29) is 46.2 Å². The summed E-state index contributed by atoms with van der Waals surface area (Å²) in [5, 5.41) is 13.8. The summed E-state index contributed by atoms with van der Waals surface area (Å²) in [6.45, 7) is 0.0137. The second kappa shape index (κ2) is 12.3. The Morgan fingerprint density at radius 1 is 0.955 bits per heavy atom. The lowest BCUT2D eigenvalue weighted by atomic mass is 10.1. The first-order valence-corrected chi connectivity index (χ1v) is 13.0. The molecule has 224 valence electrons. The van der Waals surface area contributed by atoms with Crippen molar-refractivity contribution in [1.82, 2.24) is 9.66 Å². The van der Waals surface area contributed by atoms with Crippen molar-refractivity contribution in [2.45, 2.75) is 12.8 Å². The Bertz CT molecular complexity index is 1930. The van der Waals surface area contributed by atoms with E-state index in [1.165, 1.54) is 44.7 Å². The van der Waals surface area contributed by atoms with E-state index >= 15 is 0 Å². The summed E-state index contributed by atoms with van der Waals surface area (Å²) in [5.41, 5.74) is -0.00587. The van der Waals surface area contributed by atoms with E-state index in [0.717, 1.165) is 16.8 Å². The molecule has 12 heteroatoms. The molecular weight excluding hydrogens is 579 g/mol. The molecule has 0 aliphatic heterocycles. The molecular formula is C32H24F3N3O6.